The van der Waals surface area contributed by atoms with E-state index >= 15 is 0 Å². The van der Waals surface area contributed by atoms with Crippen molar-refractivity contribution in [2.24, 2.45) is 0 Å². The fraction of sp³-hybridized carbons (Fsp3) is 0.227. The van der Waals surface area contributed by atoms with Gasteiger partial charge in [-0.25, -0.2) is 0 Å². The number of aromatic hydroxyl groups is 1. The smallest absolute Gasteiger partial charge is 0.185 e. The summed E-state index contributed by atoms with van der Waals surface area (Å²) in [7, 11) is 0. The molecule has 0 spiro atoms. The van der Waals surface area contributed by atoms with Crippen molar-refractivity contribution in [3.8, 4) is 5.75 Å². The average molecular weight is 320 g/mol. The highest BCUT2D eigenvalue weighted by molar-refractivity contribution is 6.04. The Hall–Kier alpha value is -2.61. The maximum absolute atomic E-state index is 12.2. The lowest BCUT2D eigenvalue weighted by Crippen LogP contribution is -1.94. The molecule has 0 fully saturated rings. The third kappa shape index (κ3) is 5.88. The number of carbonyl (C=O) groups excluding carboxylic acids is 1. The molecule has 0 aliphatic carbocycles. The molecule has 24 heavy (non-hydrogen) atoms. The monoisotopic (exact) mass is 320 g/mol. The Morgan fingerprint density at radius 2 is 1.67 bits per heavy atom. The van der Waals surface area contributed by atoms with E-state index in [1.165, 1.54) is 25.0 Å². The van der Waals surface area contributed by atoms with Crippen LogP contribution in [0.15, 0.2) is 72.3 Å². The van der Waals surface area contributed by atoms with Gasteiger partial charge in [-0.15, -0.1) is 0 Å². The minimum absolute atomic E-state index is 0.0514. The van der Waals surface area contributed by atoms with Crippen LogP contribution in [-0.4, -0.2) is 10.9 Å². The normalized spacial score (nSPS) is 11.8. The Morgan fingerprint density at radius 1 is 0.958 bits per heavy atom. The highest BCUT2D eigenvalue weighted by Gasteiger charge is 2.02. The number of hydrogen-bond donors (Lipinski definition) is 1. The Balaban J connectivity index is 2.13. The number of allylic oxidation sites excluding steroid dienone is 3. The Morgan fingerprint density at radius 3 is 2.33 bits per heavy atom. The molecule has 0 aliphatic heterocycles. The number of ketones is 1. The molecule has 2 rings (SSSR count). The second-order valence-electron chi connectivity index (χ2n) is 5.83. The topological polar surface area (TPSA) is 37.3 Å². The van der Waals surface area contributed by atoms with Gasteiger partial charge in [-0.3, -0.25) is 4.79 Å². The van der Waals surface area contributed by atoms with Gasteiger partial charge in [-0.05, 0) is 54.3 Å². The van der Waals surface area contributed by atoms with Crippen LogP contribution in [0.5, 0.6) is 5.75 Å². The third-order valence-electron chi connectivity index (χ3n) is 3.82. The summed E-state index contributed by atoms with van der Waals surface area (Å²) in [5.41, 5.74) is 2.88. The van der Waals surface area contributed by atoms with Gasteiger partial charge < -0.3 is 5.11 Å². The van der Waals surface area contributed by atoms with Crippen molar-refractivity contribution in [3.63, 3.8) is 0 Å². The molecule has 2 nitrogen and oxygen atoms in total. The molecule has 0 amide bonds. The molecule has 0 radical (unpaired) electrons. The first kappa shape index (κ1) is 17.7. The average Bonchev–Trinajstić information content (AvgIpc) is 2.61. The highest BCUT2D eigenvalue weighted by atomic mass is 16.3. The van der Waals surface area contributed by atoms with Crippen LogP contribution in [0, 0.1) is 0 Å². The molecule has 2 heteroatoms. The van der Waals surface area contributed by atoms with Gasteiger partial charge in [-0.1, -0.05) is 62.2 Å². The van der Waals surface area contributed by atoms with Crippen molar-refractivity contribution in [3.05, 3.63) is 83.4 Å². The molecule has 0 aromatic heterocycles. The van der Waals surface area contributed by atoms with Gasteiger partial charge in [0.1, 0.15) is 5.75 Å². The van der Waals surface area contributed by atoms with E-state index in [0.29, 0.717) is 5.56 Å². The number of benzene rings is 2. The van der Waals surface area contributed by atoms with E-state index in [1.54, 1.807) is 18.2 Å². The predicted octanol–water partition coefficient (Wildman–Crippen LogP) is 5.80. The van der Waals surface area contributed by atoms with E-state index in [0.717, 1.165) is 24.0 Å². The lowest BCUT2D eigenvalue weighted by atomic mass is 10.0. The molecule has 0 unspecified atom stereocenters. The maximum atomic E-state index is 12.2. The van der Waals surface area contributed by atoms with Crippen LogP contribution in [0.2, 0.25) is 0 Å². The van der Waals surface area contributed by atoms with E-state index < -0.39 is 0 Å². The highest BCUT2D eigenvalue weighted by Crippen LogP contribution is 2.16. The first-order chi connectivity index (χ1) is 11.7. The van der Waals surface area contributed by atoms with Crippen LogP contribution in [0.1, 0.15) is 48.5 Å². The lowest BCUT2D eigenvalue weighted by molar-refractivity contribution is 0.104. The maximum Gasteiger partial charge on any atom is 0.185 e. The summed E-state index contributed by atoms with van der Waals surface area (Å²) in [6, 6.07) is 16.5. The van der Waals surface area contributed by atoms with Gasteiger partial charge in [-0.2, -0.15) is 0 Å². The molecule has 0 saturated carbocycles. The van der Waals surface area contributed by atoms with Crippen LogP contribution >= 0.6 is 0 Å². The van der Waals surface area contributed by atoms with Gasteiger partial charge in [0.25, 0.3) is 0 Å². The van der Waals surface area contributed by atoms with E-state index in [2.05, 4.69) is 25.1 Å². The quantitative estimate of drug-likeness (QED) is 0.289. The minimum atomic E-state index is -0.0514. The number of hydrogen-bond acceptors (Lipinski definition) is 2. The van der Waals surface area contributed by atoms with Gasteiger partial charge in [0.05, 0.1) is 0 Å². The van der Waals surface area contributed by atoms with Crippen LogP contribution in [0.25, 0.3) is 6.08 Å². The first-order valence-corrected chi connectivity index (χ1v) is 8.46. The van der Waals surface area contributed by atoms with Crippen LogP contribution in [0.3, 0.4) is 0 Å². The molecule has 0 atom stereocenters. The fourth-order valence-corrected chi connectivity index (χ4v) is 2.45. The molecule has 1 N–H and O–H groups in total. The number of phenolic OH excluding ortho intramolecular Hbond substituents is 1. The molecule has 2 aromatic rings. The lowest BCUT2D eigenvalue weighted by Gasteiger charge is -2.03. The summed E-state index contributed by atoms with van der Waals surface area (Å²) in [6.45, 7) is 2.19. The SMILES string of the molecule is CCCCCC(=C/c1ccccc1)/C=C/C(=O)c1ccc(O)cc1. The summed E-state index contributed by atoms with van der Waals surface area (Å²) in [6.07, 6.45) is 10.1. The molecule has 0 bridgehead atoms. The second kappa shape index (κ2) is 9.51. The predicted molar refractivity (Wildman–Crippen MR) is 100 cm³/mol. The van der Waals surface area contributed by atoms with Crippen molar-refractivity contribution in [1.29, 1.82) is 0 Å². The molecular formula is C22H24O2. The standard InChI is InChI=1S/C22H24O2/c1-2-3-5-8-19(17-18-9-6-4-7-10-18)11-16-22(24)20-12-14-21(23)15-13-20/h4,6-7,9-17,23H,2-3,5,8H2,1H3/b16-11+,19-17-. The number of carbonyl (C=O) groups is 1. The van der Waals surface area contributed by atoms with Crippen LogP contribution < -0.4 is 0 Å². The van der Waals surface area contributed by atoms with Crippen LogP contribution in [0.4, 0.5) is 0 Å². The summed E-state index contributed by atoms with van der Waals surface area (Å²) in [4.78, 5) is 12.2. The first-order valence-electron chi connectivity index (χ1n) is 8.46. The van der Waals surface area contributed by atoms with E-state index in [1.807, 2.05) is 24.3 Å². The van der Waals surface area contributed by atoms with Crippen molar-refractivity contribution in [2.75, 3.05) is 0 Å². The molecule has 124 valence electrons. The zero-order valence-corrected chi connectivity index (χ0v) is 14.1. The largest absolute Gasteiger partial charge is 0.508 e. The molecule has 2 aromatic carbocycles. The van der Waals surface area contributed by atoms with Gasteiger partial charge in [0.15, 0.2) is 5.78 Å². The van der Waals surface area contributed by atoms with Crippen molar-refractivity contribution >= 4 is 11.9 Å². The van der Waals surface area contributed by atoms with Crippen molar-refractivity contribution in [1.82, 2.24) is 0 Å². The third-order valence-corrected chi connectivity index (χ3v) is 3.82. The molecular weight excluding hydrogens is 296 g/mol. The van der Waals surface area contributed by atoms with E-state index in [9.17, 15) is 9.90 Å². The fourth-order valence-electron chi connectivity index (χ4n) is 2.45. The Kier molecular flexibility index (Phi) is 7.03. The Labute approximate surface area is 144 Å². The molecule has 0 saturated heterocycles. The zero-order chi connectivity index (χ0) is 17.2. The van der Waals surface area contributed by atoms with Gasteiger partial charge in [0.2, 0.25) is 0 Å². The summed E-state index contributed by atoms with van der Waals surface area (Å²) in [5, 5.41) is 9.30. The number of unbranched alkanes of at least 4 members (excludes halogenated alkanes) is 2. The molecule has 0 aliphatic rings. The summed E-state index contributed by atoms with van der Waals surface area (Å²) in [5.74, 6) is 0.115. The number of phenols is 1. The van der Waals surface area contributed by atoms with E-state index in [-0.39, 0.29) is 11.5 Å². The summed E-state index contributed by atoms with van der Waals surface area (Å²) >= 11 is 0. The molecule has 0 heterocycles. The minimum Gasteiger partial charge on any atom is -0.508 e. The van der Waals surface area contributed by atoms with Gasteiger partial charge in [0, 0.05) is 5.56 Å². The summed E-state index contributed by atoms with van der Waals surface area (Å²) < 4.78 is 0. The van der Waals surface area contributed by atoms with Gasteiger partial charge >= 0.3 is 0 Å². The van der Waals surface area contributed by atoms with Crippen LogP contribution in [-0.2, 0) is 0 Å². The van der Waals surface area contributed by atoms with Crippen molar-refractivity contribution in [2.45, 2.75) is 32.6 Å². The second-order valence-corrected chi connectivity index (χ2v) is 5.83. The zero-order valence-electron chi connectivity index (χ0n) is 14.1. The number of rotatable bonds is 8. The van der Waals surface area contributed by atoms with Crippen molar-refractivity contribution < 1.29 is 9.90 Å². The Bertz CT molecular complexity index is 695. The van der Waals surface area contributed by atoms with E-state index in [4.69, 9.17) is 0 Å².